The van der Waals surface area contributed by atoms with Gasteiger partial charge in [-0.25, -0.2) is 9.59 Å². The zero-order valence-corrected chi connectivity index (χ0v) is 19.8. The normalized spacial score (nSPS) is 11.2. The van der Waals surface area contributed by atoms with E-state index in [2.05, 4.69) is 26.0 Å². The summed E-state index contributed by atoms with van der Waals surface area (Å²) in [6, 6.07) is 19.1. The van der Waals surface area contributed by atoms with E-state index in [0.29, 0.717) is 11.5 Å². The van der Waals surface area contributed by atoms with Crippen LogP contribution in [0.1, 0.15) is 39.5 Å². The Kier molecular flexibility index (Phi) is 9.21. The molecule has 0 unspecified atom stereocenters. The molecular formula is C28H28O4S. The number of unbranched alkanes of at least 4 members (excludes halogenated alkanes) is 2. The molecule has 0 N–H and O–H groups in total. The molecule has 4 nitrogen and oxygen atoms in total. The van der Waals surface area contributed by atoms with E-state index in [1.807, 2.05) is 36.4 Å². The van der Waals surface area contributed by atoms with Crippen molar-refractivity contribution < 1.29 is 19.1 Å². The molecule has 170 valence electrons. The van der Waals surface area contributed by atoms with Gasteiger partial charge >= 0.3 is 11.9 Å². The summed E-state index contributed by atoms with van der Waals surface area (Å²) in [5, 5.41) is 0. The van der Waals surface area contributed by atoms with Gasteiger partial charge in [0.2, 0.25) is 0 Å². The monoisotopic (exact) mass is 460 g/mol. The van der Waals surface area contributed by atoms with Crippen molar-refractivity contribution in [3.05, 3.63) is 85.0 Å². The zero-order chi connectivity index (χ0) is 23.5. The Balaban J connectivity index is 1.61. The topological polar surface area (TPSA) is 52.6 Å². The van der Waals surface area contributed by atoms with Crippen LogP contribution in [0.25, 0.3) is 20.9 Å². The highest BCUT2D eigenvalue weighted by molar-refractivity contribution is 7.18. The summed E-state index contributed by atoms with van der Waals surface area (Å²) in [6.45, 7) is 4.12. The summed E-state index contributed by atoms with van der Waals surface area (Å²) in [5.74, 6) is 0.328. The number of ether oxygens (including phenoxy) is 2. The summed E-state index contributed by atoms with van der Waals surface area (Å²) in [6.07, 6.45) is 10.3. The van der Waals surface area contributed by atoms with Gasteiger partial charge in [0.25, 0.3) is 0 Å². The van der Waals surface area contributed by atoms with Gasteiger partial charge in [-0.15, -0.1) is 11.3 Å². The van der Waals surface area contributed by atoms with Gasteiger partial charge in [-0.3, -0.25) is 0 Å². The Bertz CT molecular complexity index is 1020. The second-order valence-electron chi connectivity index (χ2n) is 7.44. The molecule has 0 atom stereocenters. The highest BCUT2D eigenvalue weighted by Gasteiger charge is 2.08. The van der Waals surface area contributed by atoms with E-state index in [1.54, 1.807) is 35.6 Å². The van der Waals surface area contributed by atoms with Gasteiger partial charge in [0.1, 0.15) is 11.5 Å². The molecule has 3 aromatic rings. The number of carbonyl (C=O) groups is 2. The van der Waals surface area contributed by atoms with Gasteiger partial charge in [-0.2, -0.15) is 0 Å². The number of hydrogen-bond donors (Lipinski definition) is 0. The maximum atomic E-state index is 11.8. The highest BCUT2D eigenvalue weighted by atomic mass is 32.1. The van der Waals surface area contributed by atoms with Gasteiger partial charge in [-0.1, -0.05) is 38.8 Å². The Morgan fingerprint density at radius 3 is 1.42 bits per heavy atom. The summed E-state index contributed by atoms with van der Waals surface area (Å²) < 4.78 is 10.7. The first kappa shape index (κ1) is 24.2. The lowest BCUT2D eigenvalue weighted by Gasteiger charge is -2.04. The molecule has 0 radical (unpaired) electrons. The molecular weight excluding hydrogens is 432 g/mol. The minimum absolute atomic E-state index is 0.360. The largest absolute Gasteiger partial charge is 0.423 e. The SMILES string of the molecule is CCC/C=C/C(=O)Oc1ccc(-c2ccc(-c3ccc(OC(=O)/C=C/CCC)cc3)s2)cc1. The van der Waals surface area contributed by atoms with Crippen LogP contribution in [0.5, 0.6) is 11.5 Å². The van der Waals surface area contributed by atoms with E-state index < -0.39 is 0 Å². The third kappa shape index (κ3) is 7.58. The quantitative estimate of drug-likeness (QED) is 0.177. The van der Waals surface area contributed by atoms with Crippen LogP contribution in [0, 0.1) is 0 Å². The molecule has 2 aromatic carbocycles. The molecule has 0 saturated heterocycles. The molecule has 3 rings (SSSR count). The van der Waals surface area contributed by atoms with E-state index in [4.69, 9.17) is 9.47 Å². The van der Waals surface area contributed by atoms with E-state index in [1.165, 1.54) is 12.2 Å². The van der Waals surface area contributed by atoms with E-state index in [0.717, 1.165) is 46.6 Å². The molecule has 0 bridgehead atoms. The first-order chi connectivity index (χ1) is 16.1. The Labute approximate surface area is 199 Å². The minimum Gasteiger partial charge on any atom is -0.423 e. The van der Waals surface area contributed by atoms with Crippen LogP contribution in [0.2, 0.25) is 0 Å². The van der Waals surface area contributed by atoms with Gasteiger partial charge in [0.05, 0.1) is 0 Å². The van der Waals surface area contributed by atoms with E-state index in [-0.39, 0.29) is 11.9 Å². The summed E-state index contributed by atoms with van der Waals surface area (Å²) in [4.78, 5) is 25.8. The molecule has 0 fully saturated rings. The number of benzene rings is 2. The van der Waals surface area contributed by atoms with Crippen LogP contribution >= 0.6 is 11.3 Å². The van der Waals surface area contributed by atoms with Crippen molar-refractivity contribution in [1.29, 1.82) is 0 Å². The lowest BCUT2D eigenvalue weighted by molar-refractivity contribution is -0.129. The van der Waals surface area contributed by atoms with Crippen LogP contribution in [-0.4, -0.2) is 11.9 Å². The average Bonchev–Trinajstić information content (AvgIpc) is 3.31. The van der Waals surface area contributed by atoms with Crippen LogP contribution < -0.4 is 9.47 Å². The van der Waals surface area contributed by atoms with Crippen molar-refractivity contribution in [2.45, 2.75) is 39.5 Å². The second-order valence-corrected chi connectivity index (χ2v) is 8.52. The first-order valence-corrected chi connectivity index (χ1v) is 12.0. The average molecular weight is 461 g/mol. The Morgan fingerprint density at radius 2 is 1.06 bits per heavy atom. The summed E-state index contributed by atoms with van der Waals surface area (Å²) >= 11 is 1.67. The fraction of sp³-hybridized carbons (Fsp3) is 0.214. The third-order valence-electron chi connectivity index (χ3n) is 4.74. The van der Waals surface area contributed by atoms with Crippen LogP contribution in [-0.2, 0) is 9.59 Å². The zero-order valence-electron chi connectivity index (χ0n) is 19.0. The Morgan fingerprint density at radius 1 is 0.667 bits per heavy atom. The number of thiophene rings is 1. The first-order valence-electron chi connectivity index (χ1n) is 11.2. The fourth-order valence-electron chi connectivity index (χ4n) is 3.02. The molecule has 0 aliphatic rings. The molecule has 1 heterocycles. The van der Waals surface area contributed by atoms with E-state index in [9.17, 15) is 9.59 Å². The number of hydrogen-bond acceptors (Lipinski definition) is 5. The molecule has 1 aromatic heterocycles. The van der Waals surface area contributed by atoms with Gasteiger partial charge in [0.15, 0.2) is 0 Å². The number of carbonyl (C=O) groups excluding carboxylic acids is 2. The minimum atomic E-state index is -0.360. The molecule has 0 spiro atoms. The summed E-state index contributed by atoms with van der Waals surface area (Å²) in [5.41, 5.74) is 2.11. The maximum Gasteiger partial charge on any atom is 0.335 e. The van der Waals surface area contributed by atoms with Gasteiger partial charge in [0, 0.05) is 21.9 Å². The highest BCUT2D eigenvalue weighted by Crippen LogP contribution is 2.35. The molecule has 5 heteroatoms. The van der Waals surface area contributed by atoms with Crippen molar-refractivity contribution in [1.82, 2.24) is 0 Å². The van der Waals surface area contributed by atoms with Crippen LogP contribution in [0.4, 0.5) is 0 Å². The lowest BCUT2D eigenvalue weighted by atomic mass is 10.1. The molecule has 0 aliphatic carbocycles. The smallest absolute Gasteiger partial charge is 0.335 e. The Hall–Kier alpha value is -3.44. The number of allylic oxidation sites excluding steroid dienone is 2. The summed E-state index contributed by atoms with van der Waals surface area (Å²) in [7, 11) is 0. The van der Waals surface area contributed by atoms with Gasteiger partial charge < -0.3 is 9.47 Å². The van der Waals surface area contributed by atoms with Crippen LogP contribution in [0.15, 0.2) is 85.0 Å². The van der Waals surface area contributed by atoms with Crippen molar-refractivity contribution >= 4 is 23.3 Å². The second kappa shape index (κ2) is 12.6. The third-order valence-corrected chi connectivity index (χ3v) is 5.92. The van der Waals surface area contributed by atoms with Gasteiger partial charge in [-0.05, 0) is 84.6 Å². The van der Waals surface area contributed by atoms with Crippen molar-refractivity contribution in [2.24, 2.45) is 0 Å². The molecule has 0 aliphatic heterocycles. The maximum absolute atomic E-state index is 11.8. The van der Waals surface area contributed by atoms with Crippen LogP contribution in [0.3, 0.4) is 0 Å². The predicted octanol–water partition coefficient (Wildman–Crippen LogP) is 7.61. The van der Waals surface area contributed by atoms with Crippen molar-refractivity contribution in [3.8, 4) is 32.4 Å². The van der Waals surface area contributed by atoms with E-state index >= 15 is 0 Å². The predicted molar refractivity (Wildman–Crippen MR) is 135 cm³/mol. The number of rotatable bonds is 10. The molecule has 0 amide bonds. The number of esters is 2. The standard InChI is InChI=1S/C28H28O4S/c1-3-5-7-9-27(29)31-23-15-11-21(12-16-23)25-19-20-26(33-25)22-13-17-24(18-14-22)32-28(30)10-8-6-4-2/h7-20H,3-6H2,1-2H3/b9-7+,10-8+. The molecule has 0 saturated carbocycles. The van der Waals surface area contributed by atoms with Crippen molar-refractivity contribution in [3.63, 3.8) is 0 Å². The van der Waals surface area contributed by atoms with Crippen molar-refractivity contribution in [2.75, 3.05) is 0 Å². The fourth-order valence-corrected chi connectivity index (χ4v) is 4.03. The lowest BCUT2D eigenvalue weighted by Crippen LogP contribution is -2.03. The molecule has 33 heavy (non-hydrogen) atoms.